The number of hydrogen-bond acceptors (Lipinski definition) is 2. The molecule has 1 aromatic carbocycles. The Morgan fingerprint density at radius 1 is 1.29 bits per heavy atom. The van der Waals surface area contributed by atoms with Crippen molar-refractivity contribution in [3.05, 3.63) is 39.8 Å². The van der Waals surface area contributed by atoms with Crippen LogP contribution in [0, 0.1) is 0 Å². The van der Waals surface area contributed by atoms with Crippen molar-refractivity contribution in [2.45, 2.75) is 4.90 Å². The van der Waals surface area contributed by atoms with Crippen molar-refractivity contribution < 1.29 is 8.42 Å². The lowest BCUT2D eigenvalue weighted by molar-refractivity contribution is 0.599. The molecule has 1 aromatic rings. The summed E-state index contributed by atoms with van der Waals surface area (Å²) in [6.45, 7) is 0. The van der Waals surface area contributed by atoms with Gasteiger partial charge in [-0.15, -0.1) is 0 Å². The molecule has 0 radical (unpaired) electrons. The zero-order chi connectivity index (χ0) is 10.6. The van der Waals surface area contributed by atoms with E-state index in [1.54, 1.807) is 35.3 Å². The van der Waals surface area contributed by atoms with Crippen LogP contribution in [0.4, 0.5) is 0 Å². The van der Waals surface area contributed by atoms with E-state index in [-0.39, 0.29) is 5.75 Å². The van der Waals surface area contributed by atoms with Gasteiger partial charge in [-0.1, -0.05) is 50.1 Å². The van der Waals surface area contributed by atoms with Gasteiger partial charge in [-0.2, -0.15) is 0 Å². The summed E-state index contributed by atoms with van der Waals surface area (Å²) in [6, 6.07) is 8.37. The van der Waals surface area contributed by atoms with E-state index in [1.807, 2.05) is 0 Å². The van der Waals surface area contributed by atoms with Crippen LogP contribution in [0.15, 0.2) is 44.7 Å². The SMILES string of the molecule is O=S(=O)(C/C(Br)=C\Br)c1ccccc1. The topological polar surface area (TPSA) is 34.1 Å². The van der Waals surface area contributed by atoms with E-state index in [2.05, 4.69) is 31.9 Å². The molecule has 0 spiro atoms. The lowest BCUT2D eigenvalue weighted by Crippen LogP contribution is -2.06. The number of hydrogen-bond donors (Lipinski definition) is 0. The van der Waals surface area contributed by atoms with Gasteiger partial charge in [0.05, 0.1) is 10.6 Å². The highest BCUT2D eigenvalue weighted by atomic mass is 79.9. The van der Waals surface area contributed by atoms with Crippen molar-refractivity contribution in [3.8, 4) is 0 Å². The maximum atomic E-state index is 11.7. The van der Waals surface area contributed by atoms with Crippen LogP contribution in [0.3, 0.4) is 0 Å². The molecule has 0 saturated heterocycles. The molecule has 1 rings (SSSR count). The Morgan fingerprint density at radius 2 is 1.86 bits per heavy atom. The molecule has 14 heavy (non-hydrogen) atoms. The van der Waals surface area contributed by atoms with Gasteiger partial charge in [0.1, 0.15) is 0 Å². The predicted molar refractivity (Wildman–Crippen MR) is 64.4 cm³/mol. The summed E-state index contributed by atoms with van der Waals surface area (Å²) in [5.74, 6) is -0.0255. The standard InChI is InChI=1S/C9H8Br2O2S/c10-6-8(11)7-14(12,13)9-4-2-1-3-5-9/h1-6H,7H2/b8-6+. The number of rotatable bonds is 3. The quantitative estimate of drug-likeness (QED) is 0.848. The van der Waals surface area contributed by atoms with Crippen LogP contribution in [-0.4, -0.2) is 14.2 Å². The van der Waals surface area contributed by atoms with E-state index < -0.39 is 9.84 Å². The monoisotopic (exact) mass is 338 g/mol. The van der Waals surface area contributed by atoms with E-state index in [1.165, 1.54) is 0 Å². The van der Waals surface area contributed by atoms with Gasteiger partial charge in [-0.05, 0) is 17.1 Å². The Kier molecular flexibility index (Phi) is 4.34. The lowest BCUT2D eigenvalue weighted by atomic mass is 10.4. The van der Waals surface area contributed by atoms with Crippen molar-refractivity contribution in [1.29, 1.82) is 0 Å². The van der Waals surface area contributed by atoms with Crippen LogP contribution in [0.1, 0.15) is 0 Å². The summed E-state index contributed by atoms with van der Waals surface area (Å²) >= 11 is 6.21. The molecule has 0 aliphatic rings. The summed E-state index contributed by atoms with van der Waals surface area (Å²) in [7, 11) is -3.22. The Morgan fingerprint density at radius 3 is 2.36 bits per heavy atom. The van der Waals surface area contributed by atoms with Crippen LogP contribution in [0.25, 0.3) is 0 Å². The first-order valence-corrected chi connectivity index (χ1v) is 7.15. The number of halogens is 2. The fraction of sp³-hybridized carbons (Fsp3) is 0.111. The van der Waals surface area contributed by atoms with Crippen LogP contribution < -0.4 is 0 Å². The maximum absolute atomic E-state index is 11.7. The Labute approximate surface area is 100 Å². The van der Waals surface area contributed by atoms with Gasteiger partial charge < -0.3 is 0 Å². The van der Waals surface area contributed by atoms with Crippen molar-refractivity contribution in [2.24, 2.45) is 0 Å². The fourth-order valence-corrected chi connectivity index (χ4v) is 3.39. The van der Waals surface area contributed by atoms with Gasteiger partial charge in [0.25, 0.3) is 0 Å². The third kappa shape index (κ3) is 3.22. The smallest absolute Gasteiger partial charge is 0.183 e. The van der Waals surface area contributed by atoms with E-state index in [9.17, 15) is 8.42 Å². The molecule has 2 nitrogen and oxygen atoms in total. The van der Waals surface area contributed by atoms with Gasteiger partial charge in [0.15, 0.2) is 9.84 Å². The first kappa shape index (κ1) is 11.9. The summed E-state index contributed by atoms with van der Waals surface area (Å²) in [4.78, 5) is 1.89. The molecule has 0 aliphatic heterocycles. The molecule has 0 fully saturated rings. The number of sulfone groups is 1. The first-order chi connectivity index (χ1) is 6.56. The van der Waals surface area contributed by atoms with Gasteiger partial charge >= 0.3 is 0 Å². The van der Waals surface area contributed by atoms with E-state index in [4.69, 9.17) is 0 Å². The highest BCUT2D eigenvalue weighted by molar-refractivity contribution is 9.14. The molecular weight excluding hydrogens is 332 g/mol. The summed E-state index contributed by atoms with van der Waals surface area (Å²) in [6.07, 6.45) is 0. The minimum absolute atomic E-state index is 0.0255. The van der Waals surface area contributed by atoms with Crippen LogP contribution in [0.2, 0.25) is 0 Å². The molecule has 0 saturated carbocycles. The number of benzene rings is 1. The summed E-state index contributed by atoms with van der Waals surface area (Å²) < 4.78 is 24.0. The summed E-state index contributed by atoms with van der Waals surface area (Å²) in [5.41, 5.74) is 0. The van der Waals surface area contributed by atoms with Crippen LogP contribution >= 0.6 is 31.9 Å². The minimum atomic E-state index is -3.22. The first-order valence-electron chi connectivity index (χ1n) is 3.79. The van der Waals surface area contributed by atoms with Crippen molar-refractivity contribution in [2.75, 3.05) is 5.75 Å². The van der Waals surface area contributed by atoms with Gasteiger partial charge in [-0.3, -0.25) is 0 Å². The maximum Gasteiger partial charge on any atom is 0.183 e. The molecule has 0 atom stereocenters. The molecular formula is C9H8Br2O2S. The van der Waals surface area contributed by atoms with Crippen molar-refractivity contribution in [3.63, 3.8) is 0 Å². The van der Waals surface area contributed by atoms with Gasteiger partial charge in [-0.25, -0.2) is 8.42 Å². The van der Waals surface area contributed by atoms with Gasteiger partial charge in [0, 0.05) is 4.48 Å². The average molecular weight is 340 g/mol. The highest BCUT2D eigenvalue weighted by Crippen LogP contribution is 2.17. The molecule has 0 bridgehead atoms. The minimum Gasteiger partial charge on any atom is -0.223 e. The fourth-order valence-electron chi connectivity index (χ4n) is 0.924. The second-order valence-corrected chi connectivity index (χ2v) is 6.09. The zero-order valence-electron chi connectivity index (χ0n) is 7.15. The normalized spacial score (nSPS) is 12.9. The third-order valence-corrected chi connectivity index (χ3v) is 5.28. The second-order valence-electron chi connectivity index (χ2n) is 2.63. The van der Waals surface area contributed by atoms with Crippen molar-refractivity contribution in [1.82, 2.24) is 0 Å². The van der Waals surface area contributed by atoms with Crippen molar-refractivity contribution >= 4 is 41.7 Å². The second kappa shape index (κ2) is 5.09. The van der Waals surface area contributed by atoms with Crippen LogP contribution in [-0.2, 0) is 9.84 Å². The molecule has 0 amide bonds. The zero-order valence-corrected chi connectivity index (χ0v) is 11.1. The molecule has 0 N–H and O–H groups in total. The largest absolute Gasteiger partial charge is 0.223 e. The predicted octanol–water partition coefficient (Wildman–Crippen LogP) is 3.09. The van der Waals surface area contributed by atoms with E-state index in [0.717, 1.165) is 0 Å². The van der Waals surface area contributed by atoms with Crippen LogP contribution in [0.5, 0.6) is 0 Å². The third-order valence-electron chi connectivity index (χ3n) is 1.55. The molecule has 5 heteroatoms. The highest BCUT2D eigenvalue weighted by Gasteiger charge is 2.14. The Hall–Kier alpha value is -0.130. The van der Waals surface area contributed by atoms with E-state index >= 15 is 0 Å². The summed E-state index contributed by atoms with van der Waals surface area (Å²) in [5, 5.41) is 0. The molecule has 0 aromatic heterocycles. The molecule has 76 valence electrons. The Bertz CT molecular complexity index is 423. The van der Waals surface area contributed by atoms with E-state index in [0.29, 0.717) is 9.38 Å². The average Bonchev–Trinajstić information content (AvgIpc) is 2.18. The lowest BCUT2D eigenvalue weighted by Gasteiger charge is -2.02. The van der Waals surface area contributed by atoms with Gasteiger partial charge in [0.2, 0.25) is 0 Å². The molecule has 0 unspecified atom stereocenters. The molecule has 0 aliphatic carbocycles. The Balaban J connectivity index is 2.99. The molecule has 0 heterocycles.